The van der Waals surface area contributed by atoms with Crippen molar-refractivity contribution in [1.82, 2.24) is 9.97 Å². The second kappa shape index (κ2) is 3.45. The van der Waals surface area contributed by atoms with Gasteiger partial charge in [0.05, 0.1) is 24.4 Å². The Hall–Kier alpha value is -1.55. The molecule has 4 heteroatoms. The van der Waals surface area contributed by atoms with Crippen LogP contribution in [0.25, 0.3) is 11.3 Å². The number of rotatable bonds is 3. The summed E-state index contributed by atoms with van der Waals surface area (Å²) in [5.74, 6) is 0.915. The minimum atomic E-state index is 0.609. The average Bonchev–Trinajstić information content (AvgIpc) is 2.70. The zero-order valence-electron chi connectivity index (χ0n) is 7.16. The highest BCUT2D eigenvalue weighted by Gasteiger charge is 2.02. The van der Waals surface area contributed by atoms with Gasteiger partial charge in [-0.2, -0.15) is 0 Å². The summed E-state index contributed by atoms with van der Waals surface area (Å²) in [6.45, 7) is 0.609. The van der Waals surface area contributed by atoms with Crippen molar-refractivity contribution in [3.63, 3.8) is 0 Å². The van der Waals surface area contributed by atoms with Gasteiger partial charge in [0, 0.05) is 12.0 Å². The Kier molecular flexibility index (Phi) is 2.14. The van der Waals surface area contributed by atoms with Gasteiger partial charge in [-0.3, -0.25) is 0 Å². The molecule has 0 aliphatic rings. The van der Waals surface area contributed by atoms with Crippen molar-refractivity contribution in [2.45, 2.75) is 6.42 Å². The molecule has 0 unspecified atom stereocenters. The lowest BCUT2D eigenvalue weighted by molar-refractivity contribution is 0.568. The lowest BCUT2D eigenvalue weighted by Crippen LogP contribution is -2.03. The fourth-order valence-electron chi connectivity index (χ4n) is 1.19. The number of aromatic amines is 1. The van der Waals surface area contributed by atoms with Gasteiger partial charge in [0.15, 0.2) is 0 Å². The third kappa shape index (κ3) is 1.62. The first-order valence-electron chi connectivity index (χ1n) is 4.16. The number of hydrogen-bond donors (Lipinski definition) is 2. The standard InChI is InChI=1S/C9H11N3O/c10-3-1-9-11-5-8(12-9)7-2-4-13-6-7/h2,4-6H,1,3,10H2,(H,11,12). The second-order valence-corrected chi connectivity index (χ2v) is 2.79. The number of furan rings is 1. The Bertz CT molecular complexity index is 364. The van der Waals surface area contributed by atoms with Gasteiger partial charge >= 0.3 is 0 Å². The average molecular weight is 177 g/mol. The Morgan fingerprint density at radius 3 is 3.15 bits per heavy atom. The molecule has 2 rings (SSSR count). The molecule has 0 bridgehead atoms. The minimum absolute atomic E-state index is 0.609. The summed E-state index contributed by atoms with van der Waals surface area (Å²) < 4.78 is 4.97. The lowest BCUT2D eigenvalue weighted by Gasteiger charge is -1.90. The molecule has 2 aromatic heterocycles. The molecule has 0 fully saturated rings. The van der Waals surface area contributed by atoms with Crippen LogP contribution in [0.2, 0.25) is 0 Å². The number of nitrogens with two attached hydrogens (primary N) is 1. The minimum Gasteiger partial charge on any atom is -0.472 e. The summed E-state index contributed by atoms with van der Waals surface area (Å²) in [6.07, 6.45) is 5.88. The maximum absolute atomic E-state index is 5.41. The highest BCUT2D eigenvalue weighted by Crippen LogP contribution is 2.16. The summed E-state index contributed by atoms with van der Waals surface area (Å²) in [7, 11) is 0. The van der Waals surface area contributed by atoms with Gasteiger partial charge in [0.2, 0.25) is 0 Å². The van der Waals surface area contributed by atoms with Gasteiger partial charge in [0.1, 0.15) is 5.82 Å². The van der Waals surface area contributed by atoms with Crippen molar-refractivity contribution in [3.05, 3.63) is 30.6 Å². The molecule has 68 valence electrons. The van der Waals surface area contributed by atoms with Crippen molar-refractivity contribution in [2.24, 2.45) is 5.73 Å². The van der Waals surface area contributed by atoms with E-state index >= 15 is 0 Å². The van der Waals surface area contributed by atoms with Gasteiger partial charge < -0.3 is 15.1 Å². The third-order valence-electron chi connectivity index (χ3n) is 1.84. The number of imidazole rings is 1. The third-order valence-corrected chi connectivity index (χ3v) is 1.84. The monoisotopic (exact) mass is 177 g/mol. The summed E-state index contributed by atoms with van der Waals surface area (Å²) in [6, 6.07) is 1.89. The molecule has 0 saturated carbocycles. The fourth-order valence-corrected chi connectivity index (χ4v) is 1.19. The van der Waals surface area contributed by atoms with Crippen LogP contribution in [0.15, 0.2) is 29.2 Å². The van der Waals surface area contributed by atoms with E-state index in [-0.39, 0.29) is 0 Å². The first kappa shape index (κ1) is 8.07. The molecule has 0 atom stereocenters. The molecule has 0 spiro atoms. The van der Waals surface area contributed by atoms with E-state index in [1.54, 1.807) is 18.7 Å². The van der Waals surface area contributed by atoms with Crippen LogP contribution < -0.4 is 5.73 Å². The Morgan fingerprint density at radius 2 is 2.46 bits per heavy atom. The Morgan fingerprint density at radius 1 is 1.54 bits per heavy atom. The molecule has 4 nitrogen and oxygen atoms in total. The number of nitrogens with zero attached hydrogens (tertiary/aromatic N) is 1. The Labute approximate surface area is 75.8 Å². The summed E-state index contributed by atoms with van der Waals surface area (Å²) >= 11 is 0. The normalized spacial score (nSPS) is 10.5. The van der Waals surface area contributed by atoms with Crippen LogP contribution in [-0.4, -0.2) is 16.5 Å². The van der Waals surface area contributed by atoms with Crippen molar-refractivity contribution < 1.29 is 4.42 Å². The number of aromatic nitrogens is 2. The molecule has 2 heterocycles. The molecule has 0 saturated heterocycles. The van der Waals surface area contributed by atoms with Crippen LogP contribution in [0.5, 0.6) is 0 Å². The largest absolute Gasteiger partial charge is 0.472 e. The predicted molar refractivity (Wildman–Crippen MR) is 49.0 cm³/mol. The van der Waals surface area contributed by atoms with E-state index in [9.17, 15) is 0 Å². The van der Waals surface area contributed by atoms with Crippen molar-refractivity contribution in [1.29, 1.82) is 0 Å². The smallest absolute Gasteiger partial charge is 0.107 e. The molecule has 0 aliphatic heterocycles. The van der Waals surface area contributed by atoms with Gasteiger partial charge in [-0.25, -0.2) is 4.98 Å². The molecular weight excluding hydrogens is 166 g/mol. The molecular formula is C9H11N3O. The predicted octanol–water partition coefficient (Wildman–Crippen LogP) is 1.17. The maximum atomic E-state index is 5.41. The van der Waals surface area contributed by atoms with E-state index in [1.165, 1.54) is 0 Å². The van der Waals surface area contributed by atoms with Crippen molar-refractivity contribution in [2.75, 3.05) is 6.54 Å². The zero-order valence-corrected chi connectivity index (χ0v) is 7.16. The topological polar surface area (TPSA) is 67.8 Å². The van der Waals surface area contributed by atoms with Crippen molar-refractivity contribution >= 4 is 0 Å². The van der Waals surface area contributed by atoms with Crippen LogP contribution in [-0.2, 0) is 6.42 Å². The Balaban J connectivity index is 2.23. The fraction of sp³-hybridized carbons (Fsp3) is 0.222. The molecule has 0 aliphatic carbocycles. The first-order valence-corrected chi connectivity index (χ1v) is 4.16. The number of H-pyrrole nitrogens is 1. The van der Waals surface area contributed by atoms with Crippen LogP contribution in [0.4, 0.5) is 0 Å². The SMILES string of the molecule is NCCc1ncc(-c2ccoc2)[nH]1. The molecule has 0 aromatic carbocycles. The zero-order chi connectivity index (χ0) is 9.10. The lowest BCUT2D eigenvalue weighted by atomic mass is 10.3. The van der Waals surface area contributed by atoms with Crippen LogP contribution in [0.1, 0.15) is 5.82 Å². The van der Waals surface area contributed by atoms with Gasteiger partial charge in [-0.1, -0.05) is 0 Å². The van der Waals surface area contributed by atoms with E-state index < -0.39 is 0 Å². The van der Waals surface area contributed by atoms with Gasteiger partial charge in [-0.05, 0) is 12.6 Å². The van der Waals surface area contributed by atoms with E-state index in [4.69, 9.17) is 10.2 Å². The molecule has 3 N–H and O–H groups in total. The summed E-state index contributed by atoms with van der Waals surface area (Å²) in [5.41, 5.74) is 7.39. The van der Waals surface area contributed by atoms with Gasteiger partial charge in [0.25, 0.3) is 0 Å². The summed E-state index contributed by atoms with van der Waals surface area (Å²) in [4.78, 5) is 7.35. The summed E-state index contributed by atoms with van der Waals surface area (Å²) in [5, 5.41) is 0. The second-order valence-electron chi connectivity index (χ2n) is 2.79. The van der Waals surface area contributed by atoms with Crippen molar-refractivity contribution in [3.8, 4) is 11.3 Å². The molecule has 0 amide bonds. The van der Waals surface area contributed by atoms with E-state index in [0.717, 1.165) is 23.5 Å². The highest BCUT2D eigenvalue weighted by atomic mass is 16.3. The molecule has 2 aromatic rings. The van der Waals surface area contributed by atoms with E-state index in [1.807, 2.05) is 6.07 Å². The van der Waals surface area contributed by atoms with E-state index in [2.05, 4.69) is 9.97 Å². The van der Waals surface area contributed by atoms with E-state index in [0.29, 0.717) is 6.54 Å². The van der Waals surface area contributed by atoms with Crippen LogP contribution in [0.3, 0.4) is 0 Å². The highest BCUT2D eigenvalue weighted by molar-refractivity contribution is 5.56. The number of nitrogens with one attached hydrogen (secondary N) is 1. The maximum Gasteiger partial charge on any atom is 0.107 e. The van der Waals surface area contributed by atoms with Crippen LogP contribution >= 0.6 is 0 Å². The van der Waals surface area contributed by atoms with Crippen LogP contribution in [0, 0.1) is 0 Å². The molecule has 13 heavy (non-hydrogen) atoms. The quantitative estimate of drug-likeness (QED) is 0.739. The molecule has 0 radical (unpaired) electrons. The number of hydrogen-bond acceptors (Lipinski definition) is 3. The first-order chi connectivity index (χ1) is 6.40. The van der Waals surface area contributed by atoms with Gasteiger partial charge in [-0.15, -0.1) is 0 Å².